The number of hydrogen-bond donors (Lipinski definition) is 3. The van der Waals surface area contributed by atoms with Gasteiger partial charge in [-0.15, -0.1) is 11.3 Å². The summed E-state index contributed by atoms with van der Waals surface area (Å²) in [5.74, 6) is -0.236. The van der Waals surface area contributed by atoms with E-state index in [4.69, 9.17) is 0 Å². The number of aromatic nitrogens is 2. The van der Waals surface area contributed by atoms with Crippen LogP contribution >= 0.6 is 11.3 Å². The number of amides is 3. The summed E-state index contributed by atoms with van der Waals surface area (Å²) in [6.45, 7) is 1.80. The summed E-state index contributed by atoms with van der Waals surface area (Å²) < 4.78 is 0. The van der Waals surface area contributed by atoms with E-state index in [1.54, 1.807) is 49.5 Å². The van der Waals surface area contributed by atoms with Crippen molar-refractivity contribution in [3.8, 4) is 10.7 Å². The third kappa shape index (κ3) is 5.12. The van der Waals surface area contributed by atoms with E-state index >= 15 is 0 Å². The Bertz CT molecular complexity index is 1190. The fraction of sp³-hybridized carbons (Fsp3) is 0.0435. The summed E-state index contributed by atoms with van der Waals surface area (Å²) in [7, 11) is 0. The van der Waals surface area contributed by atoms with Gasteiger partial charge in [-0.25, -0.2) is 9.78 Å². The van der Waals surface area contributed by atoms with E-state index in [1.165, 1.54) is 11.3 Å². The molecule has 4 aromatic rings. The number of pyridine rings is 1. The highest BCUT2D eigenvalue weighted by Crippen LogP contribution is 2.27. The van der Waals surface area contributed by atoms with Gasteiger partial charge in [-0.1, -0.05) is 24.3 Å². The molecule has 0 spiro atoms. The molecular formula is C23H19N5O2S. The van der Waals surface area contributed by atoms with E-state index in [9.17, 15) is 9.59 Å². The molecule has 3 N–H and O–H groups in total. The second-order valence-electron chi connectivity index (χ2n) is 6.63. The number of aryl methyl sites for hydroxylation is 1. The molecule has 154 valence electrons. The lowest BCUT2D eigenvalue weighted by Crippen LogP contribution is -2.19. The van der Waals surface area contributed by atoms with Crippen LogP contribution in [0.15, 0.2) is 79.0 Å². The summed E-state index contributed by atoms with van der Waals surface area (Å²) in [6.07, 6.45) is 1.70. The number of nitrogens with zero attached hydrogens (tertiary/aromatic N) is 2. The first kappa shape index (κ1) is 20.2. The number of benzene rings is 2. The zero-order chi connectivity index (χ0) is 21.6. The predicted octanol–water partition coefficient (Wildman–Crippen LogP) is 5.41. The Balaban J connectivity index is 1.38. The van der Waals surface area contributed by atoms with E-state index in [1.807, 2.05) is 36.4 Å². The number of carbonyl (C=O) groups excluding carboxylic acids is 2. The third-order valence-electron chi connectivity index (χ3n) is 4.32. The normalized spacial score (nSPS) is 10.4. The minimum atomic E-state index is -0.342. The molecule has 0 bridgehead atoms. The lowest BCUT2D eigenvalue weighted by Gasteiger charge is -2.09. The summed E-state index contributed by atoms with van der Waals surface area (Å²) >= 11 is 1.30. The maximum absolute atomic E-state index is 12.7. The number of para-hydroxylation sites is 1. The van der Waals surface area contributed by atoms with Crippen LogP contribution in [0.2, 0.25) is 0 Å². The molecule has 0 atom stereocenters. The summed E-state index contributed by atoms with van der Waals surface area (Å²) in [6, 6.07) is 21.3. The van der Waals surface area contributed by atoms with E-state index in [2.05, 4.69) is 25.9 Å². The fourth-order valence-corrected chi connectivity index (χ4v) is 3.78. The van der Waals surface area contributed by atoms with E-state index in [0.717, 1.165) is 5.69 Å². The van der Waals surface area contributed by atoms with Crippen molar-refractivity contribution in [2.24, 2.45) is 0 Å². The number of rotatable bonds is 5. The lowest BCUT2D eigenvalue weighted by atomic mass is 10.2. The number of nitrogens with one attached hydrogen (secondary N) is 3. The molecule has 0 aliphatic carbocycles. The van der Waals surface area contributed by atoms with Gasteiger partial charge >= 0.3 is 6.03 Å². The van der Waals surface area contributed by atoms with Crippen LogP contribution in [0.4, 0.5) is 21.9 Å². The van der Waals surface area contributed by atoms with Gasteiger partial charge in [0.25, 0.3) is 5.91 Å². The Morgan fingerprint density at radius 1 is 0.774 bits per heavy atom. The largest absolute Gasteiger partial charge is 0.323 e. The Morgan fingerprint density at radius 2 is 1.39 bits per heavy atom. The van der Waals surface area contributed by atoms with Gasteiger partial charge < -0.3 is 16.0 Å². The van der Waals surface area contributed by atoms with Gasteiger partial charge in [-0.3, -0.25) is 9.78 Å². The molecule has 0 saturated heterocycles. The zero-order valence-corrected chi connectivity index (χ0v) is 17.4. The number of thiazole rings is 1. The van der Waals surface area contributed by atoms with Crippen molar-refractivity contribution < 1.29 is 9.59 Å². The molecule has 0 unspecified atom stereocenters. The second kappa shape index (κ2) is 9.19. The van der Waals surface area contributed by atoms with Crippen LogP contribution in [-0.4, -0.2) is 21.9 Å². The highest BCUT2D eigenvalue weighted by atomic mass is 32.1. The zero-order valence-electron chi connectivity index (χ0n) is 16.6. The van der Waals surface area contributed by atoms with Crippen LogP contribution in [0.25, 0.3) is 10.7 Å². The average Bonchev–Trinajstić information content (AvgIpc) is 3.18. The molecule has 2 heterocycles. The molecule has 0 aliphatic heterocycles. The van der Waals surface area contributed by atoms with Crippen molar-refractivity contribution in [1.29, 1.82) is 0 Å². The molecule has 0 radical (unpaired) electrons. The molecule has 8 heteroatoms. The topological polar surface area (TPSA) is 96.0 Å². The van der Waals surface area contributed by atoms with Gasteiger partial charge in [0, 0.05) is 23.3 Å². The molecule has 4 rings (SSSR count). The van der Waals surface area contributed by atoms with Crippen molar-refractivity contribution in [2.75, 3.05) is 16.0 Å². The number of hydrogen-bond acceptors (Lipinski definition) is 5. The van der Waals surface area contributed by atoms with Crippen molar-refractivity contribution in [2.45, 2.75) is 6.92 Å². The van der Waals surface area contributed by atoms with Crippen molar-refractivity contribution in [3.05, 3.63) is 89.6 Å². The van der Waals surface area contributed by atoms with Crippen LogP contribution in [0.1, 0.15) is 15.4 Å². The Morgan fingerprint density at radius 3 is 2.03 bits per heavy atom. The molecule has 0 fully saturated rings. The number of urea groups is 1. The van der Waals surface area contributed by atoms with E-state index < -0.39 is 0 Å². The Labute approximate surface area is 183 Å². The van der Waals surface area contributed by atoms with Gasteiger partial charge in [0.05, 0.1) is 11.4 Å². The fourth-order valence-electron chi connectivity index (χ4n) is 2.85. The molecule has 0 aliphatic rings. The van der Waals surface area contributed by atoms with E-state index in [0.29, 0.717) is 32.6 Å². The SMILES string of the molecule is Cc1nc(-c2ccccn2)sc1C(=O)Nc1ccc(NC(=O)Nc2ccccc2)cc1. The van der Waals surface area contributed by atoms with Gasteiger partial charge in [0.15, 0.2) is 0 Å². The van der Waals surface area contributed by atoms with Crippen molar-refractivity contribution in [3.63, 3.8) is 0 Å². The molecule has 31 heavy (non-hydrogen) atoms. The molecule has 3 amide bonds. The molecule has 2 aromatic heterocycles. The first-order chi connectivity index (χ1) is 15.1. The summed E-state index contributed by atoms with van der Waals surface area (Å²) in [5.41, 5.74) is 3.32. The third-order valence-corrected chi connectivity index (χ3v) is 5.50. The highest BCUT2D eigenvalue weighted by molar-refractivity contribution is 7.17. The van der Waals surface area contributed by atoms with E-state index in [-0.39, 0.29) is 11.9 Å². The van der Waals surface area contributed by atoms with Crippen LogP contribution in [-0.2, 0) is 0 Å². The Kier molecular flexibility index (Phi) is 6.00. The number of anilines is 3. The summed E-state index contributed by atoms with van der Waals surface area (Å²) in [4.78, 5) is 34.1. The minimum Gasteiger partial charge on any atom is -0.321 e. The average molecular weight is 430 g/mol. The van der Waals surface area contributed by atoms with Crippen molar-refractivity contribution in [1.82, 2.24) is 9.97 Å². The molecule has 2 aromatic carbocycles. The maximum atomic E-state index is 12.7. The van der Waals surface area contributed by atoms with Crippen LogP contribution in [0, 0.1) is 6.92 Å². The predicted molar refractivity (Wildman–Crippen MR) is 124 cm³/mol. The van der Waals surface area contributed by atoms with Gasteiger partial charge in [0.2, 0.25) is 0 Å². The molecule has 0 saturated carbocycles. The first-order valence-electron chi connectivity index (χ1n) is 9.52. The smallest absolute Gasteiger partial charge is 0.321 e. The standard InChI is InChI=1S/C23H19N5O2S/c1-15-20(31-22(25-15)19-9-5-6-14-24-19)21(29)26-17-10-12-18(13-11-17)28-23(30)27-16-7-3-2-4-8-16/h2-14H,1H3,(H,26,29)(H2,27,28,30). The van der Waals surface area contributed by atoms with Gasteiger partial charge in [-0.2, -0.15) is 0 Å². The van der Waals surface area contributed by atoms with Crippen LogP contribution in [0.5, 0.6) is 0 Å². The maximum Gasteiger partial charge on any atom is 0.323 e. The second-order valence-corrected chi connectivity index (χ2v) is 7.62. The van der Waals surface area contributed by atoms with Crippen LogP contribution in [0.3, 0.4) is 0 Å². The molecule has 7 nitrogen and oxygen atoms in total. The minimum absolute atomic E-state index is 0.236. The molecular weight excluding hydrogens is 410 g/mol. The monoisotopic (exact) mass is 429 g/mol. The van der Waals surface area contributed by atoms with Crippen LogP contribution < -0.4 is 16.0 Å². The lowest BCUT2D eigenvalue weighted by molar-refractivity contribution is 0.103. The van der Waals surface area contributed by atoms with Gasteiger partial charge in [-0.05, 0) is 55.5 Å². The highest BCUT2D eigenvalue weighted by Gasteiger charge is 2.17. The van der Waals surface area contributed by atoms with Gasteiger partial charge in [0.1, 0.15) is 9.88 Å². The van der Waals surface area contributed by atoms with Crippen molar-refractivity contribution >= 4 is 40.3 Å². The Hall–Kier alpha value is -4.04. The quantitative estimate of drug-likeness (QED) is 0.395. The first-order valence-corrected chi connectivity index (χ1v) is 10.3. The number of carbonyl (C=O) groups is 2. The summed E-state index contributed by atoms with van der Waals surface area (Å²) in [5, 5.41) is 9.07.